The second-order valence-electron chi connectivity index (χ2n) is 11.9. The number of halogens is 1. The van der Waals surface area contributed by atoms with E-state index in [0.29, 0.717) is 19.4 Å². The first-order valence-corrected chi connectivity index (χ1v) is 13.6. The van der Waals surface area contributed by atoms with Gasteiger partial charge in [-0.25, -0.2) is 0 Å². The van der Waals surface area contributed by atoms with Crippen LogP contribution >= 0.6 is 11.6 Å². The second kappa shape index (κ2) is 7.97. The molecule has 0 radical (unpaired) electrons. The number of carbonyl (C=O) groups excluding carboxylic acids is 2. The quantitative estimate of drug-likeness (QED) is 0.564. The van der Waals surface area contributed by atoms with Crippen LogP contribution in [0.5, 0.6) is 0 Å². The lowest BCUT2D eigenvalue weighted by molar-refractivity contribution is -0.434. The van der Waals surface area contributed by atoms with E-state index in [0.717, 1.165) is 18.4 Å². The molecule has 1 heterocycles. The number of allylic oxidation sites excluding steroid dienone is 4. The summed E-state index contributed by atoms with van der Waals surface area (Å²) in [5.41, 5.74) is -1.42. The molecule has 1 N–H and O–H groups in total. The molecule has 4 aliphatic carbocycles. The van der Waals surface area contributed by atoms with Crippen LogP contribution in [0.4, 0.5) is 0 Å². The summed E-state index contributed by atoms with van der Waals surface area (Å²) in [6, 6.07) is 0. The average molecular weight is 507 g/mol. The molecule has 194 valence electrons. The maximum Gasteiger partial charge on any atom is 0.284 e. The van der Waals surface area contributed by atoms with E-state index in [-0.39, 0.29) is 41.8 Å². The number of Topliss-reactive ketones (excluding diaryl/α,β-unsaturated/α-hetero) is 1. The maximum absolute atomic E-state index is 13.8. The minimum atomic E-state index is -1.27. The molecule has 7 heteroatoms. The molecular weight excluding hydrogens is 468 g/mol. The standard InChI is InChI=1S/C28H39ClO6/c1-7-26(33-8-2)34-15-23(32)28(35-26)17(4)12-20-21-11-16(3)19-13-18(30)9-10-24(19,5)27(21,29)22(31)14-25(20,28)6/h9-10,13,16-17,20-22,31H,7-8,11-12,14-15H2,1-6H3/t16-,17-,20-,21-,22-,24-,25-,26?,27-,28-/m0/s1. The highest BCUT2D eigenvalue weighted by Gasteiger charge is 2.77. The van der Waals surface area contributed by atoms with Gasteiger partial charge in [0, 0.05) is 23.9 Å². The van der Waals surface area contributed by atoms with Crippen molar-refractivity contribution in [1.82, 2.24) is 0 Å². The second-order valence-corrected chi connectivity index (χ2v) is 12.6. The van der Waals surface area contributed by atoms with Gasteiger partial charge in [-0.15, -0.1) is 11.6 Å². The number of rotatable bonds is 3. The van der Waals surface area contributed by atoms with Crippen LogP contribution in [0.3, 0.4) is 0 Å². The van der Waals surface area contributed by atoms with Gasteiger partial charge < -0.3 is 19.3 Å². The predicted molar refractivity (Wildman–Crippen MR) is 132 cm³/mol. The molecule has 0 aromatic heterocycles. The molecular formula is C28H39ClO6. The molecule has 6 nitrogen and oxygen atoms in total. The summed E-state index contributed by atoms with van der Waals surface area (Å²) < 4.78 is 18.5. The zero-order valence-corrected chi connectivity index (χ0v) is 22.5. The van der Waals surface area contributed by atoms with Crippen LogP contribution in [0, 0.1) is 34.5 Å². The van der Waals surface area contributed by atoms with E-state index in [1.54, 1.807) is 12.2 Å². The van der Waals surface area contributed by atoms with Gasteiger partial charge in [0.2, 0.25) is 0 Å². The molecule has 1 aliphatic heterocycles. The summed E-state index contributed by atoms with van der Waals surface area (Å²) in [5.74, 6) is -1.33. The third-order valence-electron chi connectivity index (χ3n) is 10.5. The molecule has 10 atom stereocenters. The van der Waals surface area contributed by atoms with Crippen LogP contribution in [0.2, 0.25) is 0 Å². The van der Waals surface area contributed by atoms with Gasteiger partial charge in [0.1, 0.15) is 12.2 Å². The number of hydrogen-bond acceptors (Lipinski definition) is 6. The molecule has 0 amide bonds. The fourth-order valence-corrected chi connectivity index (χ4v) is 9.40. The van der Waals surface area contributed by atoms with Gasteiger partial charge in [0.15, 0.2) is 11.6 Å². The van der Waals surface area contributed by atoms with Crippen LogP contribution < -0.4 is 0 Å². The van der Waals surface area contributed by atoms with Gasteiger partial charge in [-0.05, 0) is 62.0 Å². The summed E-state index contributed by atoms with van der Waals surface area (Å²) >= 11 is 7.60. The third-order valence-corrected chi connectivity index (χ3v) is 11.4. The van der Waals surface area contributed by atoms with Gasteiger partial charge in [0.25, 0.3) is 5.97 Å². The lowest BCUT2D eigenvalue weighted by atomic mass is 9.44. The number of hydrogen-bond donors (Lipinski definition) is 1. The predicted octanol–water partition coefficient (Wildman–Crippen LogP) is 4.57. The average Bonchev–Trinajstić information content (AvgIpc) is 3.02. The Balaban J connectivity index is 1.63. The number of ketones is 2. The number of alkyl halides is 1. The summed E-state index contributed by atoms with van der Waals surface area (Å²) in [4.78, 5) is 25.0. The first kappa shape index (κ1) is 25.6. The highest BCUT2D eigenvalue weighted by atomic mass is 35.5. The Morgan fingerprint density at radius 2 is 1.89 bits per heavy atom. The number of aliphatic hydroxyl groups is 1. The lowest BCUT2D eigenvalue weighted by Crippen LogP contribution is -2.72. The van der Waals surface area contributed by atoms with Crippen molar-refractivity contribution in [2.24, 2.45) is 34.5 Å². The SMILES string of the molecule is CCOC1(CC)OCC(=O)[C@@]2(O1)[C@@H](C)C[C@H]1[C@@H]3C[C@H](C)C4=CC(=O)C=C[C@]4(C)[C@@]3(Cl)[C@@H](O)C[C@@]12C. The molecule has 0 bridgehead atoms. The minimum absolute atomic E-state index is 0.0281. The number of fused-ring (bicyclic) bond motifs is 6. The van der Waals surface area contributed by atoms with Crippen LogP contribution in [-0.4, -0.2) is 52.4 Å². The fourth-order valence-electron chi connectivity index (χ4n) is 8.91. The van der Waals surface area contributed by atoms with Crippen molar-refractivity contribution in [3.8, 4) is 0 Å². The Morgan fingerprint density at radius 3 is 2.54 bits per heavy atom. The molecule has 5 rings (SSSR count). The first-order valence-electron chi connectivity index (χ1n) is 13.2. The van der Waals surface area contributed by atoms with E-state index < -0.39 is 33.4 Å². The third kappa shape index (κ3) is 2.98. The summed E-state index contributed by atoms with van der Waals surface area (Å²) in [6.45, 7) is 12.6. The Hall–Kier alpha value is -1.05. The molecule has 3 saturated carbocycles. The molecule has 1 saturated heterocycles. The zero-order chi connectivity index (χ0) is 25.6. The van der Waals surface area contributed by atoms with E-state index in [9.17, 15) is 14.7 Å². The molecule has 4 fully saturated rings. The van der Waals surface area contributed by atoms with Crippen LogP contribution in [0.1, 0.15) is 67.2 Å². The Bertz CT molecular complexity index is 1010. The summed E-state index contributed by atoms with van der Waals surface area (Å²) in [7, 11) is 0. The molecule has 1 unspecified atom stereocenters. The van der Waals surface area contributed by atoms with Crippen molar-refractivity contribution in [1.29, 1.82) is 0 Å². The smallest absolute Gasteiger partial charge is 0.284 e. The van der Waals surface area contributed by atoms with Crippen molar-refractivity contribution in [3.05, 3.63) is 23.8 Å². The topological polar surface area (TPSA) is 82.1 Å². The zero-order valence-electron chi connectivity index (χ0n) is 21.7. The molecule has 1 spiro atoms. The van der Waals surface area contributed by atoms with Crippen molar-refractivity contribution >= 4 is 23.2 Å². The van der Waals surface area contributed by atoms with Crippen molar-refractivity contribution in [3.63, 3.8) is 0 Å². The highest BCUT2D eigenvalue weighted by Crippen LogP contribution is 2.73. The number of carbonyl (C=O) groups is 2. The molecule has 35 heavy (non-hydrogen) atoms. The monoisotopic (exact) mass is 506 g/mol. The van der Waals surface area contributed by atoms with Crippen molar-refractivity contribution in [2.45, 2.75) is 89.8 Å². The van der Waals surface area contributed by atoms with E-state index in [1.165, 1.54) is 0 Å². The maximum atomic E-state index is 13.8. The number of ether oxygens (including phenoxy) is 3. The highest BCUT2D eigenvalue weighted by molar-refractivity contribution is 6.26. The normalized spacial score (nSPS) is 53.3. The van der Waals surface area contributed by atoms with Crippen LogP contribution in [0.15, 0.2) is 23.8 Å². The van der Waals surface area contributed by atoms with E-state index in [1.807, 2.05) is 19.9 Å². The Morgan fingerprint density at radius 1 is 1.17 bits per heavy atom. The Kier molecular flexibility index (Phi) is 5.83. The molecule has 0 aromatic rings. The van der Waals surface area contributed by atoms with E-state index in [4.69, 9.17) is 25.8 Å². The van der Waals surface area contributed by atoms with Gasteiger partial charge in [-0.2, -0.15) is 0 Å². The van der Waals surface area contributed by atoms with Crippen LogP contribution in [-0.2, 0) is 23.8 Å². The first-order chi connectivity index (χ1) is 16.3. The van der Waals surface area contributed by atoms with E-state index in [2.05, 4.69) is 27.7 Å². The van der Waals surface area contributed by atoms with E-state index >= 15 is 0 Å². The van der Waals surface area contributed by atoms with Crippen molar-refractivity contribution in [2.75, 3.05) is 13.2 Å². The van der Waals surface area contributed by atoms with Gasteiger partial charge in [-0.3, -0.25) is 9.59 Å². The largest absolute Gasteiger partial charge is 0.391 e. The van der Waals surface area contributed by atoms with Crippen molar-refractivity contribution < 1.29 is 28.9 Å². The van der Waals surface area contributed by atoms with Crippen LogP contribution in [0.25, 0.3) is 0 Å². The van der Waals surface area contributed by atoms with Gasteiger partial charge in [-0.1, -0.05) is 46.3 Å². The Labute approximate surface area is 213 Å². The molecule has 0 aromatic carbocycles. The van der Waals surface area contributed by atoms with Gasteiger partial charge in [0.05, 0.1) is 11.0 Å². The molecule has 5 aliphatic rings. The van der Waals surface area contributed by atoms with Gasteiger partial charge >= 0.3 is 0 Å². The summed E-state index contributed by atoms with van der Waals surface area (Å²) in [6.07, 6.45) is 6.63. The fraction of sp³-hybridized carbons (Fsp3) is 0.786. The summed E-state index contributed by atoms with van der Waals surface area (Å²) in [5, 5.41) is 11.9. The lowest BCUT2D eigenvalue weighted by Gasteiger charge is -2.66. The number of aliphatic hydroxyl groups excluding tert-OH is 1. The minimum Gasteiger partial charge on any atom is -0.391 e.